The van der Waals surface area contributed by atoms with E-state index in [0.29, 0.717) is 11.3 Å². The molecule has 0 atom stereocenters. The number of carbonyl (C=O) groups is 1. The highest BCUT2D eigenvalue weighted by Gasteiger charge is 2.52. The van der Waals surface area contributed by atoms with Gasteiger partial charge >= 0.3 is 0 Å². The van der Waals surface area contributed by atoms with E-state index in [1.54, 1.807) is 0 Å². The van der Waals surface area contributed by atoms with Gasteiger partial charge in [0.25, 0.3) is 0 Å². The van der Waals surface area contributed by atoms with Crippen molar-refractivity contribution in [3.8, 4) is 0 Å². The van der Waals surface area contributed by atoms with Crippen LogP contribution in [-0.2, 0) is 4.79 Å². The second-order valence-corrected chi connectivity index (χ2v) is 4.34. The van der Waals surface area contributed by atoms with E-state index in [1.807, 2.05) is 0 Å². The lowest BCUT2D eigenvalue weighted by Crippen LogP contribution is -2.59. The Bertz CT molecular complexity index is 186. The van der Waals surface area contributed by atoms with Crippen LogP contribution in [0.25, 0.3) is 0 Å². The fourth-order valence-corrected chi connectivity index (χ4v) is 2.33. The quantitative estimate of drug-likeness (QED) is 0.602. The van der Waals surface area contributed by atoms with Crippen molar-refractivity contribution >= 4 is 5.91 Å². The first-order valence-corrected chi connectivity index (χ1v) is 4.42. The lowest BCUT2D eigenvalue weighted by Gasteiger charge is -2.54. The van der Waals surface area contributed by atoms with Crippen LogP contribution in [0.1, 0.15) is 26.7 Å². The average molecular weight is 153 g/mol. The normalized spacial score (nSPS) is 41.7. The zero-order valence-electron chi connectivity index (χ0n) is 7.18. The number of rotatable bonds is 1. The third kappa shape index (κ3) is 0.815. The molecule has 0 unspecified atom stereocenters. The van der Waals surface area contributed by atoms with Crippen LogP contribution in [0.5, 0.6) is 0 Å². The first kappa shape index (κ1) is 7.14. The highest BCUT2D eigenvalue weighted by molar-refractivity contribution is 5.81. The van der Waals surface area contributed by atoms with Crippen LogP contribution in [0.15, 0.2) is 0 Å². The number of fused-ring (bicyclic) bond motifs is 2. The number of amides is 1. The molecule has 3 rings (SSSR count). The molecule has 0 aromatic rings. The van der Waals surface area contributed by atoms with Crippen LogP contribution in [0.3, 0.4) is 0 Å². The summed E-state index contributed by atoms with van der Waals surface area (Å²) in [4.78, 5) is 11.1. The Morgan fingerprint density at radius 3 is 2.55 bits per heavy atom. The summed E-state index contributed by atoms with van der Waals surface area (Å²) < 4.78 is 0. The smallest absolute Gasteiger partial charge is 0.223 e. The van der Waals surface area contributed by atoms with E-state index in [1.165, 1.54) is 0 Å². The first-order valence-electron chi connectivity index (χ1n) is 4.42. The van der Waals surface area contributed by atoms with Crippen molar-refractivity contribution < 1.29 is 4.79 Å². The fraction of sp³-hybridized carbons (Fsp3) is 0.889. The van der Waals surface area contributed by atoms with E-state index < -0.39 is 0 Å². The maximum Gasteiger partial charge on any atom is 0.223 e. The standard InChI is InChI=1S/C9H15NO/c1-6(2)9-3-7(4-9)8(11)10-5-9/h6-7H,3-5H2,1-2H3,(H,10,11). The van der Waals surface area contributed by atoms with Gasteiger partial charge in [0.05, 0.1) is 0 Å². The van der Waals surface area contributed by atoms with Crippen molar-refractivity contribution in [3.63, 3.8) is 0 Å². The predicted octanol–water partition coefficient (Wildman–Crippen LogP) is 1.17. The van der Waals surface area contributed by atoms with E-state index in [-0.39, 0.29) is 5.91 Å². The van der Waals surface area contributed by atoms with Gasteiger partial charge in [-0.25, -0.2) is 0 Å². The molecule has 2 nitrogen and oxygen atoms in total. The number of nitrogens with one attached hydrogen (secondary N) is 1. The van der Waals surface area contributed by atoms with Gasteiger partial charge in [0, 0.05) is 12.5 Å². The molecular formula is C9H15NO. The molecule has 2 saturated heterocycles. The van der Waals surface area contributed by atoms with Gasteiger partial charge in [0.15, 0.2) is 0 Å². The number of piperidine rings is 2. The van der Waals surface area contributed by atoms with Crippen molar-refractivity contribution in [2.75, 3.05) is 6.54 Å². The van der Waals surface area contributed by atoms with Gasteiger partial charge in [-0.3, -0.25) is 4.79 Å². The first-order chi connectivity index (χ1) is 5.14. The third-order valence-electron chi connectivity index (χ3n) is 3.52. The molecule has 2 aliphatic heterocycles. The highest BCUT2D eigenvalue weighted by atomic mass is 16.2. The van der Waals surface area contributed by atoms with Crippen molar-refractivity contribution in [3.05, 3.63) is 0 Å². The van der Waals surface area contributed by atoms with E-state index in [2.05, 4.69) is 19.2 Å². The molecule has 0 aromatic carbocycles. The molecule has 3 fully saturated rings. The van der Waals surface area contributed by atoms with E-state index in [4.69, 9.17) is 0 Å². The molecule has 0 radical (unpaired) electrons. The maximum atomic E-state index is 11.1. The summed E-state index contributed by atoms with van der Waals surface area (Å²) >= 11 is 0. The lowest BCUT2D eigenvalue weighted by atomic mass is 9.54. The Labute approximate surface area is 67.4 Å². The number of hydrogen-bond acceptors (Lipinski definition) is 1. The maximum absolute atomic E-state index is 11.1. The van der Waals surface area contributed by atoms with Crippen molar-refractivity contribution in [2.24, 2.45) is 17.3 Å². The molecule has 62 valence electrons. The molecule has 2 heterocycles. The summed E-state index contributed by atoms with van der Waals surface area (Å²) in [7, 11) is 0. The van der Waals surface area contributed by atoms with Crippen molar-refractivity contribution in [1.82, 2.24) is 5.32 Å². The van der Waals surface area contributed by atoms with Gasteiger partial charge in [0.2, 0.25) is 5.91 Å². The van der Waals surface area contributed by atoms with Crippen molar-refractivity contribution in [1.29, 1.82) is 0 Å². The molecular weight excluding hydrogens is 138 g/mol. The van der Waals surface area contributed by atoms with Crippen molar-refractivity contribution in [2.45, 2.75) is 26.7 Å². The molecule has 0 spiro atoms. The topological polar surface area (TPSA) is 29.1 Å². The van der Waals surface area contributed by atoms with Crippen LogP contribution in [0, 0.1) is 17.3 Å². The lowest BCUT2D eigenvalue weighted by molar-refractivity contribution is -0.144. The molecule has 3 aliphatic rings. The van der Waals surface area contributed by atoms with Gasteiger partial charge < -0.3 is 5.32 Å². The second kappa shape index (κ2) is 1.99. The van der Waals surface area contributed by atoms with Gasteiger partial charge in [-0.05, 0) is 24.2 Å². The Kier molecular flexibility index (Phi) is 1.29. The summed E-state index contributed by atoms with van der Waals surface area (Å²) in [6.07, 6.45) is 2.27. The zero-order valence-corrected chi connectivity index (χ0v) is 7.18. The fourth-order valence-electron chi connectivity index (χ4n) is 2.33. The number of hydrogen-bond donors (Lipinski definition) is 1. The van der Waals surface area contributed by atoms with E-state index >= 15 is 0 Å². The van der Waals surface area contributed by atoms with Gasteiger partial charge in [-0.1, -0.05) is 13.8 Å². The Morgan fingerprint density at radius 1 is 1.55 bits per heavy atom. The van der Waals surface area contributed by atoms with Gasteiger partial charge in [-0.2, -0.15) is 0 Å². The molecule has 11 heavy (non-hydrogen) atoms. The van der Waals surface area contributed by atoms with E-state index in [9.17, 15) is 4.79 Å². The van der Waals surface area contributed by atoms with Crippen LogP contribution >= 0.6 is 0 Å². The Balaban J connectivity index is 2.09. The third-order valence-corrected chi connectivity index (χ3v) is 3.52. The Morgan fingerprint density at radius 2 is 2.18 bits per heavy atom. The van der Waals surface area contributed by atoms with Crippen LogP contribution in [0.2, 0.25) is 0 Å². The molecule has 1 aliphatic carbocycles. The van der Waals surface area contributed by atoms with E-state index in [0.717, 1.165) is 25.3 Å². The van der Waals surface area contributed by atoms with Crippen LogP contribution in [-0.4, -0.2) is 12.5 Å². The summed E-state index contributed by atoms with van der Waals surface area (Å²) in [5.41, 5.74) is 0.471. The van der Waals surface area contributed by atoms with Crippen LogP contribution in [0.4, 0.5) is 0 Å². The second-order valence-electron chi connectivity index (χ2n) is 4.34. The number of carbonyl (C=O) groups excluding carboxylic acids is 1. The zero-order chi connectivity index (χ0) is 8.06. The molecule has 2 heteroatoms. The van der Waals surface area contributed by atoms with Gasteiger partial charge in [-0.15, -0.1) is 0 Å². The van der Waals surface area contributed by atoms with Crippen LogP contribution < -0.4 is 5.32 Å². The highest BCUT2D eigenvalue weighted by Crippen LogP contribution is 2.52. The Hall–Kier alpha value is -0.530. The minimum Gasteiger partial charge on any atom is -0.355 e. The molecule has 2 bridgehead atoms. The molecule has 1 amide bonds. The molecule has 1 N–H and O–H groups in total. The monoisotopic (exact) mass is 153 g/mol. The SMILES string of the molecule is CC(C)C12CNC(=O)C(C1)C2. The largest absolute Gasteiger partial charge is 0.355 e. The summed E-state index contributed by atoms with van der Waals surface area (Å²) in [5.74, 6) is 1.36. The summed E-state index contributed by atoms with van der Waals surface area (Å²) in [6, 6.07) is 0. The summed E-state index contributed by atoms with van der Waals surface area (Å²) in [5, 5.41) is 2.96. The minimum absolute atomic E-state index is 0.285. The average Bonchev–Trinajstić information content (AvgIpc) is 1.84. The molecule has 0 aromatic heterocycles. The molecule has 1 saturated carbocycles. The minimum atomic E-state index is 0.285. The van der Waals surface area contributed by atoms with Gasteiger partial charge in [0.1, 0.15) is 0 Å². The predicted molar refractivity (Wildman–Crippen MR) is 43.0 cm³/mol. The summed E-state index contributed by atoms with van der Waals surface area (Å²) in [6.45, 7) is 5.43.